The largest absolute Gasteiger partial charge is 0.496 e. The number of aryl methyl sites for hydroxylation is 1. The number of hydrogen-bond donors (Lipinski definition) is 1. The van der Waals surface area contributed by atoms with Crippen molar-refractivity contribution in [2.24, 2.45) is 0 Å². The molecule has 1 saturated heterocycles. The Bertz CT molecular complexity index is 465. The van der Waals surface area contributed by atoms with Crippen LogP contribution in [0.25, 0.3) is 0 Å². The van der Waals surface area contributed by atoms with E-state index in [4.69, 9.17) is 4.74 Å². The van der Waals surface area contributed by atoms with Gasteiger partial charge in [-0.3, -0.25) is 4.79 Å². The van der Waals surface area contributed by atoms with Crippen molar-refractivity contribution in [3.8, 4) is 5.75 Å². The molecule has 1 amide bonds. The van der Waals surface area contributed by atoms with Gasteiger partial charge in [-0.1, -0.05) is 6.07 Å². The Morgan fingerprint density at radius 2 is 2.20 bits per heavy atom. The van der Waals surface area contributed by atoms with Gasteiger partial charge in [0.15, 0.2) is 0 Å². The van der Waals surface area contributed by atoms with Gasteiger partial charge in [-0.05, 0) is 44.5 Å². The molecule has 0 saturated carbocycles. The van der Waals surface area contributed by atoms with Gasteiger partial charge >= 0.3 is 0 Å². The maximum atomic E-state index is 12.5. The molecule has 0 radical (unpaired) electrons. The van der Waals surface area contributed by atoms with Gasteiger partial charge in [0, 0.05) is 24.7 Å². The summed E-state index contributed by atoms with van der Waals surface area (Å²) in [5.74, 6) is 0.867. The van der Waals surface area contributed by atoms with Gasteiger partial charge in [0.2, 0.25) is 0 Å². The second-order valence-corrected chi connectivity index (χ2v) is 5.06. The third-order valence-corrected chi connectivity index (χ3v) is 3.77. The molecule has 1 aromatic rings. The van der Waals surface area contributed by atoms with Crippen LogP contribution in [0.1, 0.15) is 28.8 Å². The molecular weight excluding hydrogens is 276 g/mol. The van der Waals surface area contributed by atoms with E-state index >= 15 is 0 Å². The summed E-state index contributed by atoms with van der Waals surface area (Å²) in [6, 6.07) is 6.06. The number of benzene rings is 1. The summed E-state index contributed by atoms with van der Waals surface area (Å²) in [6.45, 7) is 3.60. The Morgan fingerprint density at radius 3 is 2.85 bits per heavy atom. The number of rotatable bonds is 3. The fraction of sp³-hybridized carbons (Fsp3) is 0.533. The molecule has 0 bridgehead atoms. The van der Waals surface area contributed by atoms with E-state index in [9.17, 15) is 4.79 Å². The van der Waals surface area contributed by atoms with Crippen molar-refractivity contribution in [2.45, 2.75) is 25.8 Å². The van der Waals surface area contributed by atoms with Crippen LogP contribution < -0.4 is 10.1 Å². The van der Waals surface area contributed by atoms with E-state index in [-0.39, 0.29) is 18.3 Å². The first-order valence-corrected chi connectivity index (χ1v) is 6.77. The molecule has 1 aliphatic heterocycles. The van der Waals surface area contributed by atoms with E-state index in [1.54, 1.807) is 7.11 Å². The zero-order valence-electron chi connectivity index (χ0n) is 12.3. The van der Waals surface area contributed by atoms with Crippen LogP contribution in [-0.2, 0) is 0 Å². The number of likely N-dealkylation sites (tertiary alicyclic amines) is 1. The van der Waals surface area contributed by atoms with Gasteiger partial charge in [-0.25, -0.2) is 0 Å². The van der Waals surface area contributed by atoms with E-state index < -0.39 is 0 Å². The van der Waals surface area contributed by atoms with Gasteiger partial charge in [0.1, 0.15) is 5.75 Å². The minimum absolute atomic E-state index is 0. The molecule has 1 atom stereocenters. The topological polar surface area (TPSA) is 41.6 Å². The third kappa shape index (κ3) is 3.64. The van der Waals surface area contributed by atoms with Gasteiger partial charge in [0.25, 0.3) is 5.91 Å². The third-order valence-electron chi connectivity index (χ3n) is 3.77. The summed E-state index contributed by atoms with van der Waals surface area (Å²) in [7, 11) is 3.59. The summed E-state index contributed by atoms with van der Waals surface area (Å²) in [5, 5.41) is 3.25. The number of methoxy groups -OCH3 is 1. The molecule has 0 aliphatic carbocycles. The summed E-state index contributed by atoms with van der Waals surface area (Å²) in [6.07, 6.45) is 2.19. The molecule has 1 N–H and O–H groups in total. The summed E-state index contributed by atoms with van der Waals surface area (Å²) in [4.78, 5) is 14.4. The molecule has 0 spiro atoms. The van der Waals surface area contributed by atoms with Gasteiger partial charge < -0.3 is 15.0 Å². The maximum absolute atomic E-state index is 12.5. The summed E-state index contributed by atoms with van der Waals surface area (Å²) in [5.41, 5.74) is 1.75. The first-order valence-electron chi connectivity index (χ1n) is 6.77. The number of likely N-dealkylation sites (N-methyl/N-ethyl adjacent to an activating group) is 1. The highest BCUT2D eigenvalue weighted by atomic mass is 35.5. The molecule has 2 rings (SSSR count). The Morgan fingerprint density at radius 1 is 1.45 bits per heavy atom. The molecule has 0 aromatic heterocycles. The standard InChI is InChI=1S/C15H22N2O2.ClH/c1-11-6-7-12(9-14(11)19-3)15(18)17-8-4-5-13(10-17)16-2;/h6-7,9,13,16H,4-5,8,10H2,1-3H3;1H. The number of nitrogens with zero attached hydrogens (tertiary/aromatic N) is 1. The van der Waals surface area contributed by atoms with E-state index in [0.29, 0.717) is 11.6 Å². The molecule has 5 heteroatoms. The van der Waals surface area contributed by atoms with Crippen LogP contribution in [0.3, 0.4) is 0 Å². The number of carbonyl (C=O) groups is 1. The van der Waals surface area contributed by atoms with Gasteiger partial charge in [-0.2, -0.15) is 0 Å². The van der Waals surface area contributed by atoms with Crippen LogP contribution in [0.5, 0.6) is 5.75 Å². The Hall–Kier alpha value is -1.26. The van der Waals surface area contributed by atoms with Crippen LogP contribution in [0.2, 0.25) is 0 Å². The molecule has 1 unspecified atom stereocenters. The molecule has 1 fully saturated rings. The zero-order chi connectivity index (χ0) is 13.8. The molecule has 112 valence electrons. The van der Waals surface area contributed by atoms with E-state index in [0.717, 1.165) is 37.2 Å². The molecule has 1 aliphatic rings. The van der Waals surface area contributed by atoms with Crippen molar-refractivity contribution in [1.29, 1.82) is 0 Å². The number of halogens is 1. The second-order valence-electron chi connectivity index (χ2n) is 5.06. The second kappa shape index (κ2) is 7.50. The van der Waals surface area contributed by atoms with Crippen molar-refractivity contribution in [3.63, 3.8) is 0 Å². The van der Waals surface area contributed by atoms with Crippen LogP contribution in [0, 0.1) is 6.92 Å². The average molecular weight is 299 g/mol. The zero-order valence-corrected chi connectivity index (χ0v) is 13.1. The number of nitrogens with one attached hydrogen (secondary N) is 1. The minimum atomic E-state index is 0. The maximum Gasteiger partial charge on any atom is 0.254 e. The first-order chi connectivity index (χ1) is 9.15. The van der Waals surface area contributed by atoms with Crippen LogP contribution in [0.15, 0.2) is 18.2 Å². The van der Waals surface area contributed by atoms with Crippen molar-refractivity contribution in [1.82, 2.24) is 10.2 Å². The fourth-order valence-corrected chi connectivity index (χ4v) is 2.53. The number of hydrogen-bond acceptors (Lipinski definition) is 3. The van der Waals surface area contributed by atoms with Gasteiger partial charge in [-0.15, -0.1) is 12.4 Å². The van der Waals surface area contributed by atoms with Gasteiger partial charge in [0.05, 0.1) is 7.11 Å². The number of piperidine rings is 1. The van der Waals surface area contributed by atoms with Crippen LogP contribution in [0.4, 0.5) is 0 Å². The van der Waals surface area contributed by atoms with E-state index in [2.05, 4.69) is 5.32 Å². The summed E-state index contributed by atoms with van der Waals surface area (Å²) >= 11 is 0. The predicted molar refractivity (Wildman–Crippen MR) is 83.0 cm³/mol. The molecule has 4 nitrogen and oxygen atoms in total. The molecule has 20 heavy (non-hydrogen) atoms. The Labute approximate surface area is 126 Å². The SMILES string of the molecule is CNC1CCCN(C(=O)c2ccc(C)c(OC)c2)C1.Cl. The highest BCUT2D eigenvalue weighted by Crippen LogP contribution is 2.21. The average Bonchev–Trinajstić information content (AvgIpc) is 2.47. The first kappa shape index (κ1) is 16.8. The van der Waals surface area contributed by atoms with Crippen LogP contribution in [-0.4, -0.2) is 44.1 Å². The highest BCUT2D eigenvalue weighted by Gasteiger charge is 2.23. The number of amides is 1. The Balaban J connectivity index is 0.00000200. The monoisotopic (exact) mass is 298 g/mol. The van der Waals surface area contributed by atoms with Crippen molar-refractivity contribution < 1.29 is 9.53 Å². The molecular formula is C15H23ClN2O2. The fourth-order valence-electron chi connectivity index (χ4n) is 2.53. The number of carbonyl (C=O) groups excluding carboxylic acids is 1. The smallest absolute Gasteiger partial charge is 0.254 e. The van der Waals surface area contributed by atoms with Crippen molar-refractivity contribution >= 4 is 18.3 Å². The molecule has 1 aromatic carbocycles. The lowest BCUT2D eigenvalue weighted by molar-refractivity contribution is 0.0698. The summed E-state index contributed by atoms with van der Waals surface area (Å²) < 4.78 is 5.28. The lowest BCUT2D eigenvalue weighted by Crippen LogP contribution is -2.46. The van der Waals surface area contributed by atoms with Crippen molar-refractivity contribution in [2.75, 3.05) is 27.2 Å². The molecule has 1 heterocycles. The highest BCUT2D eigenvalue weighted by molar-refractivity contribution is 5.94. The Kier molecular flexibility index (Phi) is 6.30. The normalized spacial score (nSPS) is 18.4. The minimum Gasteiger partial charge on any atom is -0.496 e. The lowest BCUT2D eigenvalue weighted by Gasteiger charge is -2.32. The lowest BCUT2D eigenvalue weighted by atomic mass is 10.0. The number of ether oxygens (including phenoxy) is 1. The van der Waals surface area contributed by atoms with Crippen molar-refractivity contribution in [3.05, 3.63) is 29.3 Å². The van der Waals surface area contributed by atoms with E-state index in [1.165, 1.54) is 0 Å². The predicted octanol–water partition coefficient (Wildman–Crippen LogP) is 2.25. The van der Waals surface area contributed by atoms with Crippen LogP contribution >= 0.6 is 12.4 Å². The van der Waals surface area contributed by atoms with E-state index in [1.807, 2.05) is 37.1 Å². The quantitative estimate of drug-likeness (QED) is 0.930.